The summed E-state index contributed by atoms with van der Waals surface area (Å²) in [7, 11) is -3.55. The zero-order chi connectivity index (χ0) is 14.0. The third kappa shape index (κ3) is 3.11. The van der Waals surface area contributed by atoms with Crippen molar-refractivity contribution in [2.75, 3.05) is 13.1 Å². The summed E-state index contributed by atoms with van der Waals surface area (Å²) in [5.41, 5.74) is 6.28. The van der Waals surface area contributed by atoms with Gasteiger partial charge in [0.15, 0.2) is 5.03 Å². The van der Waals surface area contributed by atoms with Crippen LogP contribution in [0.15, 0.2) is 23.4 Å². The molecule has 0 bridgehead atoms. The summed E-state index contributed by atoms with van der Waals surface area (Å²) < 4.78 is 31.9. The highest BCUT2D eigenvalue weighted by atomic mass is 32.2. The topological polar surface area (TPSA) is 85.5 Å². The van der Waals surface area contributed by atoms with Crippen molar-refractivity contribution in [3.05, 3.63) is 23.9 Å². The van der Waals surface area contributed by atoms with Gasteiger partial charge in [-0.15, -0.1) is 0 Å². The van der Waals surface area contributed by atoms with E-state index in [1.54, 1.807) is 6.07 Å². The average molecular weight is 285 g/mol. The first-order valence-corrected chi connectivity index (χ1v) is 7.68. The number of sulfonamides is 1. The Balaban J connectivity index is 2.25. The van der Waals surface area contributed by atoms with Gasteiger partial charge in [-0.25, -0.2) is 13.4 Å². The van der Waals surface area contributed by atoms with Gasteiger partial charge in [-0.1, -0.05) is 6.07 Å². The number of pyridine rings is 1. The number of aromatic nitrogens is 1. The number of nitrogens with zero attached hydrogens (tertiary/aromatic N) is 2. The highest BCUT2D eigenvalue weighted by Crippen LogP contribution is 2.19. The number of ether oxygens (including phenoxy) is 1. The van der Waals surface area contributed by atoms with E-state index in [1.165, 1.54) is 16.6 Å². The second kappa shape index (κ2) is 5.54. The molecular weight excluding hydrogens is 266 g/mol. The number of morpholine rings is 1. The van der Waals surface area contributed by atoms with Crippen LogP contribution in [0.5, 0.6) is 0 Å². The highest BCUT2D eigenvalue weighted by molar-refractivity contribution is 7.89. The first-order valence-electron chi connectivity index (χ1n) is 6.24. The number of nitrogens with two attached hydrogens (primary N) is 1. The molecule has 0 aromatic carbocycles. The molecule has 1 fully saturated rings. The minimum Gasteiger partial charge on any atom is -0.373 e. The molecule has 2 N–H and O–H groups in total. The van der Waals surface area contributed by atoms with Gasteiger partial charge in [-0.05, 0) is 25.5 Å². The number of rotatable bonds is 3. The van der Waals surface area contributed by atoms with Crippen LogP contribution in [-0.2, 0) is 21.3 Å². The van der Waals surface area contributed by atoms with Crippen molar-refractivity contribution in [1.82, 2.24) is 9.29 Å². The van der Waals surface area contributed by atoms with Crippen LogP contribution in [0.3, 0.4) is 0 Å². The largest absolute Gasteiger partial charge is 0.373 e. The van der Waals surface area contributed by atoms with Gasteiger partial charge in [-0.3, -0.25) is 0 Å². The van der Waals surface area contributed by atoms with Crippen molar-refractivity contribution in [3.63, 3.8) is 0 Å². The minimum absolute atomic E-state index is 0.0611. The van der Waals surface area contributed by atoms with Crippen LogP contribution in [0.25, 0.3) is 0 Å². The molecule has 2 rings (SSSR count). The van der Waals surface area contributed by atoms with E-state index >= 15 is 0 Å². The quantitative estimate of drug-likeness (QED) is 0.865. The van der Waals surface area contributed by atoms with E-state index < -0.39 is 10.0 Å². The van der Waals surface area contributed by atoms with Crippen molar-refractivity contribution in [1.29, 1.82) is 0 Å². The summed E-state index contributed by atoms with van der Waals surface area (Å²) >= 11 is 0. The maximum absolute atomic E-state index is 12.5. The Morgan fingerprint density at radius 2 is 2.00 bits per heavy atom. The van der Waals surface area contributed by atoms with Gasteiger partial charge in [-0.2, -0.15) is 4.31 Å². The van der Waals surface area contributed by atoms with E-state index in [4.69, 9.17) is 10.5 Å². The SMILES string of the molecule is CC1CN(S(=O)(=O)c2ccc(CN)cn2)CC(C)O1. The zero-order valence-electron chi connectivity index (χ0n) is 11.1. The van der Waals surface area contributed by atoms with Crippen LogP contribution < -0.4 is 5.73 Å². The van der Waals surface area contributed by atoms with Crippen LogP contribution >= 0.6 is 0 Å². The number of hydrogen-bond acceptors (Lipinski definition) is 5. The molecule has 1 aliphatic rings. The maximum Gasteiger partial charge on any atom is 0.260 e. The summed E-state index contributed by atoms with van der Waals surface area (Å²) in [5.74, 6) is 0. The predicted molar refractivity (Wildman–Crippen MR) is 70.9 cm³/mol. The van der Waals surface area contributed by atoms with Gasteiger partial charge in [0.05, 0.1) is 12.2 Å². The number of hydrogen-bond donors (Lipinski definition) is 1. The Morgan fingerprint density at radius 1 is 1.37 bits per heavy atom. The lowest BCUT2D eigenvalue weighted by atomic mass is 10.3. The van der Waals surface area contributed by atoms with E-state index in [0.717, 1.165) is 5.56 Å². The molecule has 2 atom stereocenters. The first kappa shape index (κ1) is 14.4. The molecule has 1 aromatic rings. The van der Waals surface area contributed by atoms with E-state index in [9.17, 15) is 8.42 Å². The zero-order valence-corrected chi connectivity index (χ0v) is 11.9. The highest BCUT2D eigenvalue weighted by Gasteiger charge is 2.32. The molecule has 6 nitrogen and oxygen atoms in total. The van der Waals surface area contributed by atoms with Crippen LogP contribution in [0, 0.1) is 0 Å². The molecule has 0 amide bonds. The lowest BCUT2D eigenvalue weighted by Gasteiger charge is -2.34. The molecular formula is C12H19N3O3S. The van der Waals surface area contributed by atoms with E-state index in [0.29, 0.717) is 19.6 Å². The van der Waals surface area contributed by atoms with Gasteiger partial charge in [0.2, 0.25) is 0 Å². The van der Waals surface area contributed by atoms with Crippen LogP contribution in [0.1, 0.15) is 19.4 Å². The Kier molecular flexibility index (Phi) is 4.19. The smallest absolute Gasteiger partial charge is 0.260 e. The molecule has 0 saturated carbocycles. The molecule has 0 spiro atoms. The molecule has 1 aromatic heterocycles. The normalized spacial score (nSPS) is 25.4. The summed E-state index contributed by atoms with van der Waals surface area (Å²) in [6.45, 7) is 4.78. The monoisotopic (exact) mass is 285 g/mol. The summed E-state index contributed by atoms with van der Waals surface area (Å²) in [5, 5.41) is 0.0611. The van der Waals surface area contributed by atoms with Crippen molar-refractivity contribution in [2.45, 2.75) is 37.6 Å². The average Bonchev–Trinajstić information content (AvgIpc) is 2.37. The maximum atomic E-state index is 12.5. The molecule has 106 valence electrons. The standard InChI is InChI=1S/C12H19N3O3S/c1-9-7-15(8-10(2)18-9)19(16,17)12-4-3-11(5-13)6-14-12/h3-4,6,9-10H,5,7-8,13H2,1-2H3. The Hall–Kier alpha value is -1.02. The predicted octanol–water partition coefficient (Wildman–Crippen LogP) is 0.338. The van der Waals surface area contributed by atoms with E-state index in [1.807, 2.05) is 13.8 Å². The molecule has 1 aliphatic heterocycles. The lowest BCUT2D eigenvalue weighted by Crippen LogP contribution is -2.48. The molecule has 0 aliphatic carbocycles. The van der Waals surface area contributed by atoms with Gasteiger partial charge < -0.3 is 10.5 Å². The van der Waals surface area contributed by atoms with Gasteiger partial charge >= 0.3 is 0 Å². The van der Waals surface area contributed by atoms with Crippen molar-refractivity contribution >= 4 is 10.0 Å². The van der Waals surface area contributed by atoms with Gasteiger partial charge in [0.25, 0.3) is 10.0 Å². The van der Waals surface area contributed by atoms with Crippen LogP contribution in [0.4, 0.5) is 0 Å². The van der Waals surface area contributed by atoms with E-state index in [-0.39, 0.29) is 17.2 Å². The second-order valence-electron chi connectivity index (χ2n) is 4.79. The Morgan fingerprint density at radius 3 is 2.47 bits per heavy atom. The lowest BCUT2D eigenvalue weighted by molar-refractivity contribution is -0.0441. The minimum atomic E-state index is -3.55. The fraction of sp³-hybridized carbons (Fsp3) is 0.583. The molecule has 2 heterocycles. The fourth-order valence-electron chi connectivity index (χ4n) is 2.14. The molecule has 2 unspecified atom stereocenters. The fourth-order valence-corrected chi connectivity index (χ4v) is 3.65. The van der Waals surface area contributed by atoms with Crippen LogP contribution in [-0.4, -0.2) is 43.0 Å². The Labute approximate surface area is 113 Å². The van der Waals surface area contributed by atoms with Gasteiger partial charge in [0, 0.05) is 25.8 Å². The van der Waals surface area contributed by atoms with Crippen LogP contribution in [0.2, 0.25) is 0 Å². The Bertz CT molecular complexity index is 520. The van der Waals surface area contributed by atoms with Crippen molar-refractivity contribution in [2.24, 2.45) is 5.73 Å². The molecule has 19 heavy (non-hydrogen) atoms. The van der Waals surface area contributed by atoms with Crippen molar-refractivity contribution < 1.29 is 13.2 Å². The summed E-state index contributed by atoms with van der Waals surface area (Å²) in [4.78, 5) is 4.00. The van der Waals surface area contributed by atoms with Gasteiger partial charge in [0.1, 0.15) is 0 Å². The third-order valence-electron chi connectivity index (χ3n) is 3.02. The first-order chi connectivity index (χ1) is 8.93. The summed E-state index contributed by atoms with van der Waals surface area (Å²) in [6.07, 6.45) is 1.28. The van der Waals surface area contributed by atoms with E-state index in [2.05, 4.69) is 4.98 Å². The van der Waals surface area contributed by atoms with Crippen molar-refractivity contribution in [3.8, 4) is 0 Å². The molecule has 1 saturated heterocycles. The summed E-state index contributed by atoms with van der Waals surface area (Å²) in [6, 6.07) is 3.19. The second-order valence-corrected chi connectivity index (χ2v) is 6.67. The molecule has 7 heteroatoms. The molecule has 0 radical (unpaired) electrons. The third-order valence-corrected chi connectivity index (χ3v) is 4.77.